The summed E-state index contributed by atoms with van der Waals surface area (Å²) in [6.45, 7) is 1.95. The molecule has 3 rings (SSSR count). The van der Waals surface area contributed by atoms with E-state index in [2.05, 4.69) is 15.3 Å². The van der Waals surface area contributed by atoms with E-state index in [1.807, 2.05) is 0 Å². The number of hydrogen-bond donors (Lipinski definition) is 2. The molecule has 96 valence electrons. The van der Waals surface area contributed by atoms with Crippen LogP contribution in [-0.2, 0) is 14.9 Å². The molecule has 0 radical (unpaired) electrons. The second-order valence-corrected chi connectivity index (χ2v) is 5.00. The Morgan fingerprint density at radius 2 is 2.50 bits per heavy atom. The smallest absolute Gasteiger partial charge is 0.333 e. The first-order valence-electron chi connectivity index (χ1n) is 6.04. The van der Waals surface area contributed by atoms with Gasteiger partial charge < -0.3 is 15.2 Å². The van der Waals surface area contributed by atoms with E-state index in [-0.39, 0.29) is 0 Å². The van der Waals surface area contributed by atoms with Crippen molar-refractivity contribution in [2.75, 3.05) is 19.7 Å². The van der Waals surface area contributed by atoms with Gasteiger partial charge in [-0.25, -0.2) is 14.8 Å². The monoisotopic (exact) mass is 249 g/mol. The summed E-state index contributed by atoms with van der Waals surface area (Å²) in [6, 6.07) is 1.79. The van der Waals surface area contributed by atoms with Crippen LogP contribution >= 0.6 is 0 Å². The number of rotatable bonds is 2. The van der Waals surface area contributed by atoms with E-state index >= 15 is 0 Å². The van der Waals surface area contributed by atoms with E-state index in [4.69, 9.17) is 4.74 Å². The van der Waals surface area contributed by atoms with E-state index in [0.29, 0.717) is 19.1 Å². The van der Waals surface area contributed by atoms with Crippen molar-refractivity contribution in [2.24, 2.45) is 5.92 Å². The molecule has 2 aliphatic heterocycles. The number of hydrogen-bond acceptors (Lipinski definition) is 5. The number of ether oxygens (including phenoxy) is 1. The standard InChI is InChI=1S/C12H15N3O3/c16-11(17)10-12(9-1-2-13-7-15-9)3-8(5-18-10)4-14-6-12/h1-2,7-8,10,14H,3-6H2,(H,16,17). The van der Waals surface area contributed by atoms with Crippen molar-refractivity contribution in [1.29, 1.82) is 0 Å². The van der Waals surface area contributed by atoms with E-state index in [9.17, 15) is 9.90 Å². The molecule has 3 atom stereocenters. The third-order valence-electron chi connectivity index (χ3n) is 3.84. The number of piperidine rings is 1. The van der Waals surface area contributed by atoms with Crippen LogP contribution in [0.5, 0.6) is 0 Å². The van der Waals surface area contributed by atoms with E-state index in [0.717, 1.165) is 18.7 Å². The van der Waals surface area contributed by atoms with Crippen molar-refractivity contribution in [3.63, 3.8) is 0 Å². The van der Waals surface area contributed by atoms with Gasteiger partial charge in [-0.15, -0.1) is 0 Å². The fourth-order valence-corrected chi connectivity index (χ4v) is 3.09. The molecule has 18 heavy (non-hydrogen) atoms. The van der Waals surface area contributed by atoms with Gasteiger partial charge in [-0.3, -0.25) is 0 Å². The van der Waals surface area contributed by atoms with E-state index < -0.39 is 17.5 Å². The Kier molecular flexibility index (Phi) is 2.76. The van der Waals surface area contributed by atoms with Crippen molar-refractivity contribution >= 4 is 5.97 Å². The Balaban J connectivity index is 2.05. The zero-order chi connectivity index (χ0) is 12.6. The van der Waals surface area contributed by atoms with Gasteiger partial charge in [0.05, 0.1) is 17.7 Å². The molecule has 0 amide bonds. The number of nitrogens with zero attached hydrogens (tertiary/aromatic N) is 2. The predicted octanol–water partition coefficient (Wildman–Crippen LogP) is -0.193. The van der Waals surface area contributed by atoms with Crippen molar-refractivity contribution in [3.05, 3.63) is 24.3 Å². The average molecular weight is 249 g/mol. The maximum Gasteiger partial charge on any atom is 0.333 e. The molecule has 0 aromatic carbocycles. The van der Waals surface area contributed by atoms with Crippen LogP contribution in [-0.4, -0.2) is 46.8 Å². The number of carboxylic acid groups (broad SMARTS) is 1. The lowest BCUT2D eigenvalue weighted by molar-refractivity contribution is -0.167. The highest BCUT2D eigenvalue weighted by molar-refractivity contribution is 5.75. The van der Waals surface area contributed by atoms with E-state index in [1.165, 1.54) is 6.33 Å². The van der Waals surface area contributed by atoms with Gasteiger partial charge in [-0.2, -0.15) is 0 Å². The second-order valence-electron chi connectivity index (χ2n) is 5.00. The summed E-state index contributed by atoms with van der Waals surface area (Å²) in [5.41, 5.74) is 0.178. The molecule has 0 saturated carbocycles. The summed E-state index contributed by atoms with van der Waals surface area (Å²) in [4.78, 5) is 19.6. The molecule has 1 aromatic heterocycles. The summed E-state index contributed by atoms with van der Waals surface area (Å²) in [5, 5.41) is 12.7. The third kappa shape index (κ3) is 1.69. The zero-order valence-electron chi connectivity index (χ0n) is 9.87. The first kappa shape index (κ1) is 11.6. The maximum absolute atomic E-state index is 11.4. The average Bonchev–Trinajstić information content (AvgIpc) is 2.39. The second kappa shape index (κ2) is 4.29. The maximum atomic E-state index is 11.4. The minimum absolute atomic E-state index is 0.351. The first-order chi connectivity index (χ1) is 8.72. The quantitative estimate of drug-likeness (QED) is 0.755. The van der Waals surface area contributed by atoms with Crippen LogP contribution < -0.4 is 5.32 Å². The van der Waals surface area contributed by atoms with Gasteiger partial charge in [0, 0.05) is 19.3 Å². The molecule has 0 spiro atoms. The molecule has 3 unspecified atom stereocenters. The number of carboxylic acids is 1. The van der Waals surface area contributed by atoms with Crippen LogP contribution in [0.25, 0.3) is 0 Å². The van der Waals surface area contributed by atoms with Gasteiger partial charge in [-0.1, -0.05) is 0 Å². The van der Waals surface area contributed by atoms with Crippen molar-refractivity contribution in [3.8, 4) is 0 Å². The Morgan fingerprint density at radius 3 is 3.22 bits per heavy atom. The summed E-state index contributed by atoms with van der Waals surface area (Å²) < 4.78 is 5.56. The molecule has 6 heteroatoms. The lowest BCUT2D eigenvalue weighted by atomic mass is 9.68. The van der Waals surface area contributed by atoms with Gasteiger partial charge in [0.15, 0.2) is 6.10 Å². The molecule has 1 aromatic rings. The van der Waals surface area contributed by atoms with Crippen LogP contribution in [0.3, 0.4) is 0 Å². The highest BCUT2D eigenvalue weighted by atomic mass is 16.5. The first-order valence-corrected chi connectivity index (χ1v) is 6.04. The minimum Gasteiger partial charge on any atom is -0.479 e. The van der Waals surface area contributed by atoms with Crippen LogP contribution in [0.4, 0.5) is 0 Å². The largest absolute Gasteiger partial charge is 0.479 e. The molecular weight excluding hydrogens is 234 g/mol. The fraction of sp³-hybridized carbons (Fsp3) is 0.583. The van der Waals surface area contributed by atoms with Crippen LogP contribution in [0.15, 0.2) is 18.6 Å². The van der Waals surface area contributed by atoms with Crippen LogP contribution in [0.2, 0.25) is 0 Å². The highest BCUT2D eigenvalue weighted by Gasteiger charge is 2.52. The molecule has 2 aliphatic rings. The molecule has 2 fully saturated rings. The predicted molar refractivity (Wildman–Crippen MR) is 62.1 cm³/mol. The van der Waals surface area contributed by atoms with Gasteiger partial charge in [-0.05, 0) is 18.4 Å². The number of aromatic nitrogens is 2. The summed E-state index contributed by atoms with van der Waals surface area (Å²) in [6.07, 6.45) is 3.07. The SMILES string of the molecule is O=C(O)C1OCC2CNCC1(c1ccncn1)C2. The molecule has 2 saturated heterocycles. The van der Waals surface area contributed by atoms with E-state index in [1.54, 1.807) is 12.3 Å². The molecule has 2 bridgehead atoms. The zero-order valence-corrected chi connectivity index (χ0v) is 9.87. The topological polar surface area (TPSA) is 84.3 Å². The molecule has 0 aliphatic carbocycles. The number of carbonyl (C=O) groups is 1. The summed E-state index contributed by atoms with van der Waals surface area (Å²) >= 11 is 0. The summed E-state index contributed by atoms with van der Waals surface area (Å²) in [5.74, 6) is -0.569. The number of nitrogens with one attached hydrogen (secondary N) is 1. The molecule has 2 N–H and O–H groups in total. The summed E-state index contributed by atoms with van der Waals surface area (Å²) in [7, 11) is 0. The van der Waals surface area contributed by atoms with Gasteiger partial charge in [0.25, 0.3) is 0 Å². The highest BCUT2D eigenvalue weighted by Crippen LogP contribution is 2.41. The fourth-order valence-electron chi connectivity index (χ4n) is 3.09. The lowest BCUT2D eigenvalue weighted by Crippen LogP contribution is -2.62. The van der Waals surface area contributed by atoms with Crippen molar-refractivity contribution < 1.29 is 14.6 Å². The Bertz CT molecular complexity index is 453. The third-order valence-corrected chi connectivity index (χ3v) is 3.84. The number of fused-ring (bicyclic) bond motifs is 2. The van der Waals surface area contributed by atoms with Crippen molar-refractivity contribution in [1.82, 2.24) is 15.3 Å². The Labute approximate surface area is 104 Å². The van der Waals surface area contributed by atoms with Gasteiger partial charge in [0.2, 0.25) is 0 Å². The molecular formula is C12H15N3O3. The molecule has 6 nitrogen and oxygen atoms in total. The Hall–Kier alpha value is -1.53. The number of aliphatic carboxylic acids is 1. The minimum atomic E-state index is -0.921. The molecule has 3 heterocycles. The Morgan fingerprint density at radius 1 is 1.61 bits per heavy atom. The van der Waals surface area contributed by atoms with Gasteiger partial charge in [0.1, 0.15) is 6.33 Å². The van der Waals surface area contributed by atoms with Crippen molar-refractivity contribution in [2.45, 2.75) is 17.9 Å². The van der Waals surface area contributed by atoms with Gasteiger partial charge >= 0.3 is 5.97 Å². The normalized spacial score (nSPS) is 35.1. The lowest BCUT2D eigenvalue weighted by Gasteiger charge is -2.48. The van der Waals surface area contributed by atoms with Crippen LogP contribution in [0, 0.1) is 5.92 Å². The van der Waals surface area contributed by atoms with Crippen LogP contribution in [0.1, 0.15) is 12.1 Å².